The highest BCUT2D eigenvalue weighted by atomic mass is 16.5. The van der Waals surface area contributed by atoms with Crippen molar-refractivity contribution in [2.24, 2.45) is 16.3 Å². The van der Waals surface area contributed by atoms with Crippen molar-refractivity contribution in [2.45, 2.75) is 58.9 Å². The van der Waals surface area contributed by atoms with Crippen LogP contribution in [0.25, 0.3) is 0 Å². The predicted molar refractivity (Wildman–Crippen MR) is 111 cm³/mol. The number of esters is 1. The molecule has 0 spiro atoms. The topological polar surface area (TPSA) is 62.7 Å². The average molecular weight is 374 g/mol. The van der Waals surface area contributed by atoms with Gasteiger partial charge in [-0.25, -0.2) is 0 Å². The van der Waals surface area contributed by atoms with Crippen molar-refractivity contribution >= 4 is 11.9 Å². The van der Waals surface area contributed by atoms with Crippen molar-refractivity contribution in [1.82, 2.24) is 10.6 Å². The van der Waals surface area contributed by atoms with Crippen LogP contribution in [0, 0.1) is 11.3 Å². The molecule has 0 atom stereocenters. The molecule has 1 fully saturated rings. The zero-order valence-electron chi connectivity index (χ0n) is 17.3. The number of guanidine groups is 1. The summed E-state index contributed by atoms with van der Waals surface area (Å²) in [6.07, 6.45) is 4.72. The van der Waals surface area contributed by atoms with E-state index in [1.54, 1.807) is 0 Å². The highest BCUT2D eigenvalue weighted by Crippen LogP contribution is 2.25. The monoisotopic (exact) mass is 373 g/mol. The maximum Gasteiger partial charge on any atom is 0.308 e. The molecule has 0 aromatic heterocycles. The molecule has 0 unspecified atom stereocenters. The standard InChI is InChI=1S/C22H35N3O2/c1-5-27-20(26)18-11-13-19(14-12-18)25-21(23-4)24-16-22(2,3)15-17-9-7-6-8-10-17/h6-10,18-19H,5,11-16H2,1-4H3,(H2,23,24,25). The average Bonchev–Trinajstić information content (AvgIpc) is 2.66. The third kappa shape index (κ3) is 7.24. The van der Waals surface area contributed by atoms with E-state index in [9.17, 15) is 4.79 Å². The molecule has 0 aliphatic heterocycles. The summed E-state index contributed by atoms with van der Waals surface area (Å²) >= 11 is 0. The van der Waals surface area contributed by atoms with E-state index in [1.165, 1.54) is 5.56 Å². The molecule has 0 bridgehead atoms. The minimum Gasteiger partial charge on any atom is -0.466 e. The van der Waals surface area contributed by atoms with E-state index in [1.807, 2.05) is 14.0 Å². The van der Waals surface area contributed by atoms with Crippen LogP contribution in [-0.4, -0.2) is 38.2 Å². The molecule has 5 nitrogen and oxygen atoms in total. The lowest BCUT2D eigenvalue weighted by Gasteiger charge is -2.31. The molecular weight excluding hydrogens is 338 g/mol. The molecule has 0 saturated heterocycles. The first-order valence-electron chi connectivity index (χ1n) is 10.1. The van der Waals surface area contributed by atoms with Crippen LogP contribution in [0.1, 0.15) is 52.0 Å². The molecule has 2 N–H and O–H groups in total. The van der Waals surface area contributed by atoms with Crippen LogP contribution in [0.2, 0.25) is 0 Å². The van der Waals surface area contributed by atoms with Gasteiger partial charge >= 0.3 is 5.97 Å². The summed E-state index contributed by atoms with van der Waals surface area (Å²) in [6, 6.07) is 10.9. The minimum atomic E-state index is -0.0406. The molecule has 0 radical (unpaired) electrons. The number of carbonyl (C=O) groups is 1. The number of benzene rings is 1. The third-order valence-electron chi connectivity index (χ3n) is 5.17. The lowest BCUT2D eigenvalue weighted by Crippen LogP contribution is -2.47. The number of carbonyl (C=O) groups excluding carboxylic acids is 1. The van der Waals surface area contributed by atoms with Crippen molar-refractivity contribution in [2.75, 3.05) is 20.2 Å². The van der Waals surface area contributed by atoms with E-state index in [0.29, 0.717) is 12.6 Å². The van der Waals surface area contributed by atoms with Gasteiger partial charge in [0, 0.05) is 19.6 Å². The number of nitrogens with one attached hydrogen (secondary N) is 2. The molecule has 2 rings (SSSR count). The smallest absolute Gasteiger partial charge is 0.308 e. The second-order valence-electron chi connectivity index (χ2n) is 8.20. The fourth-order valence-electron chi connectivity index (χ4n) is 3.66. The molecule has 1 aromatic rings. The van der Waals surface area contributed by atoms with Gasteiger partial charge in [-0.05, 0) is 50.0 Å². The Bertz CT molecular complexity index is 605. The van der Waals surface area contributed by atoms with Crippen LogP contribution in [0.3, 0.4) is 0 Å². The highest BCUT2D eigenvalue weighted by molar-refractivity contribution is 5.80. The Morgan fingerprint density at radius 2 is 1.85 bits per heavy atom. The quantitative estimate of drug-likeness (QED) is 0.436. The number of hydrogen-bond donors (Lipinski definition) is 2. The van der Waals surface area contributed by atoms with Crippen molar-refractivity contribution in [3.63, 3.8) is 0 Å². The van der Waals surface area contributed by atoms with Crippen LogP contribution in [0.15, 0.2) is 35.3 Å². The van der Waals surface area contributed by atoms with E-state index in [-0.39, 0.29) is 17.3 Å². The van der Waals surface area contributed by atoms with Crippen molar-refractivity contribution < 1.29 is 9.53 Å². The van der Waals surface area contributed by atoms with Gasteiger partial charge in [0.15, 0.2) is 5.96 Å². The largest absolute Gasteiger partial charge is 0.466 e. The zero-order valence-corrected chi connectivity index (χ0v) is 17.3. The third-order valence-corrected chi connectivity index (χ3v) is 5.17. The molecule has 27 heavy (non-hydrogen) atoms. The van der Waals surface area contributed by atoms with Gasteiger partial charge < -0.3 is 15.4 Å². The second kappa shape index (κ2) is 10.3. The van der Waals surface area contributed by atoms with E-state index < -0.39 is 0 Å². The second-order valence-corrected chi connectivity index (χ2v) is 8.20. The molecule has 0 heterocycles. The lowest BCUT2D eigenvalue weighted by atomic mass is 9.85. The van der Waals surface area contributed by atoms with Crippen LogP contribution >= 0.6 is 0 Å². The van der Waals surface area contributed by atoms with Gasteiger partial charge in [0.2, 0.25) is 0 Å². The van der Waals surface area contributed by atoms with Gasteiger partial charge in [0.25, 0.3) is 0 Å². The van der Waals surface area contributed by atoms with E-state index >= 15 is 0 Å². The Balaban J connectivity index is 1.77. The molecule has 1 aromatic carbocycles. The summed E-state index contributed by atoms with van der Waals surface area (Å²) < 4.78 is 5.15. The Morgan fingerprint density at radius 1 is 1.19 bits per heavy atom. The number of ether oxygens (including phenoxy) is 1. The molecule has 5 heteroatoms. The maximum absolute atomic E-state index is 11.9. The molecule has 0 amide bonds. The summed E-state index contributed by atoms with van der Waals surface area (Å²) in [4.78, 5) is 16.2. The fourth-order valence-corrected chi connectivity index (χ4v) is 3.66. The first-order chi connectivity index (χ1) is 12.9. The zero-order chi connectivity index (χ0) is 19.7. The number of aliphatic imine (C=N–C) groups is 1. The Labute approximate surface area is 164 Å². The summed E-state index contributed by atoms with van der Waals surface area (Å²) in [5.74, 6) is 0.861. The number of hydrogen-bond acceptors (Lipinski definition) is 3. The molecule has 1 aliphatic rings. The predicted octanol–water partition coefficient (Wildman–Crippen LogP) is 3.54. The first-order valence-corrected chi connectivity index (χ1v) is 10.1. The van der Waals surface area contributed by atoms with Gasteiger partial charge in [-0.3, -0.25) is 9.79 Å². The summed E-state index contributed by atoms with van der Waals surface area (Å²) in [5.41, 5.74) is 1.48. The lowest BCUT2D eigenvalue weighted by molar-refractivity contribution is -0.149. The normalized spacial score (nSPS) is 20.8. The maximum atomic E-state index is 11.9. The highest BCUT2D eigenvalue weighted by Gasteiger charge is 2.28. The van der Waals surface area contributed by atoms with Crippen LogP contribution in [-0.2, 0) is 16.0 Å². The van der Waals surface area contributed by atoms with Gasteiger partial charge in [0.1, 0.15) is 0 Å². The first kappa shape index (κ1) is 21.3. The van der Waals surface area contributed by atoms with E-state index in [4.69, 9.17) is 4.74 Å². The van der Waals surface area contributed by atoms with Gasteiger partial charge in [-0.15, -0.1) is 0 Å². The van der Waals surface area contributed by atoms with E-state index in [0.717, 1.165) is 44.6 Å². The summed E-state index contributed by atoms with van der Waals surface area (Å²) in [6.45, 7) is 7.71. The van der Waals surface area contributed by atoms with Crippen molar-refractivity contribution in [1.29, 1.82) is 0 Å². The van der Waals surface area contributed by atoms with Crippen LogP contribution in [0.5, 0.6) is 0 Å². The SMILES string of the molecule is CCOC(=O)C1CCC(NC(=NC)NCC(C)(C)Cc2ccccc2)CC1. The Hall–Kier alpha value is -2.04. The number of rotatable bonds is 7. The molecule has 1 saturated carbocycles. The van der Waals surface area contributed by atoms with Crippen LogP contribution < -0.4 is 10.6 Å². The Kier molecular flexibility index (Phi) is 8.14. The van der Waals surface area contributed by atoms with Crippen molar-refractivity contribution in [3.8, 4) is 0 Å². The fraction of sp³-hybridized carbons (Fsp3) is 0.636. The number of nitrogens with zero attached hydrogens (tertiary/aromatic N) is 1. The summed E-state index contributed by atoms with van der Waals surface area (Å²) in [5, 5.41) is 7.00. The molecular formula is C22H35N3O2. The molecule has 1 aliphatic carbocycles. The Morgan fingerprint density at radius 3 is 2.44 bits per heavy atom. The van der Waals surface area contributed by atoms with Gasteiger partial charge in [0.05, 0.1) is 12.5 Å². The van der Waals surface area contributed by atoms with Crippen LogP contribution in [0.4, 0.5) is 0 Å². The van der Waals surface area contributed by atoms with Gasteiger partial charge in [-0.1, -0.05) is 44.2 Å². The van der Waals surface area contributed by atoms with Gasteiger partial charge in [-0.2, -0.15) is 0 Å². The van der Waals surface area contributed by atoms with E-state index in [2.05, 4.69) is 59.8 Å². The van der Waals surface area contributed by atoms with Crippen molar-refractivity contribution in [3.05, 3.63) is 35.9 Å². The minimum absolute atomic E-state index is 0.0406. The summed E-state index contributed by atoms with van der Waals surface area (Å²) in [7, 11) is 1.81. The molecule has 150 valence electrons.